The Labute approximate surface area is 224 Å². The number of pyridine rings is 1. The van der Waals surface area contributed by atoms with Crippen LogP contribution in [0.5, 0.6) is 0 Å². The number of hydrogen-bond donors (Lipinski definition) is 0. The van der Waals surface area contributed by atoms with Gasteiger partial charge in [-0.2, -0.15) is 0 Å². The van der Waals surface area contributed by atoms with Gasteiger partial charge in [-0.15, -0.1) is 0 Å². The Morgan fingerprint density at radius 3 is 2.47 bits per heavy atom. The highest BCUT2D eigenvalue weighted by Gasteiger charge is 2.28. The van der Waals surface area contributed by atoms with Gasteiger partial charge in [-0.1, -0.05) is 36.4 Å². The van der Waals surface area contributed by atoms with Crippen LogP contribution in [0.4, 0.5) is 11.4 Å². The van der Waals surface area contributed by atoms with Gasteiger partial charge in [0.2, 0.25) is 5.91 Å². The van der Waals surface area contributed by atoms with Gasteiger partial charge in [-0.3, -0.25) is 14.5 Å². The standard InChI is InChI=1S/C31H38N4O3/c1-4-34-27-12-11-25(21-26(27)29(22-31(34)37)33-16-18-38-19-17-33)35-28(24-8-6-5-7-9-24)20-23(10-13-30(35)36)14-15-32(2)3/h5-9,11-12,20-23H,4,10,13-19H2,1-3H3. The van der Waals surface area contributed by atoms with Crippen LogP contribution in [0.25, 0.3) is 16.6 Å². The summed E-state index contributed by atoms with van der Waals surface area (Å²) >= 11 is 0. The number of hydrogen-bond acceptors (Lipinski definition) is 5. The van der Waals surface area contributed by atoms with Crippen LogP contribution < -0.4 is 15.4 Å². The fraction of sp³-hybridized carbons (Fsp3) is 0.419. The number of aromatic nitrogens is 1. The number of carbonyl (C=O) groups excluding carboxylic acids is 1. The average molecular weight is 515 g/mol. The number of rotatable bonds is 7. The topological polar surface area (TPSA) is 58.0 Å². The lowest BCUT2D eigenvalue weighted by molar-refractivity contribution is -0.117. The lowest BCUT2D eigenvalue weighted by Crippen LogP contribution is -2.37. The van der Waals surface area contributed by atoms with Crippen molar-refractivity contribution in [1.29, 1.82) is 0 Å². The van der Waals surface area contributed by atoms with Gasteiger partial charge in [0.15, 0.2) is 0 Å². The molecule has 7 heteroatoms. The van der Waals surface area contributed by atoms with Crippen LogP contribution in [0.1, 0.15) is 31.7 Å². The van der Waals surface area contributed by atoms with Gasteiger partial charge in [0.25, 0.3) is 5.56 Å². The molecule has 0 bridgehead atoms. The predicted octanol–water partition coefficient (Wildman–Crippen LogP) is 4.59. The summed E-state index contributed by atoms with van der Waals surface area (Å²) in [6.07, 6.45) is 4.63. The molecule has 3 heterocycles. The average Bonchev–Trinajstić information content (AvgIpc) is 3.11. The molecule has 1 atom stereocenters. The molecule has 0 radical (unpaired) electrons. The van der Waals surface area contributed by atoms with E-state index in [0.29, 0.717) is 32.1 Å². The summed E-state index contributed by atoms with van der Waals surface area (Å²) < 4.78 is 7.38. The largest absolute Gasteiger partial charge is 0.378 e. The van der Waals surface area contributed by atoms with Crippen LogP contribution in [0.15, 0.2) is 65.5 Å². The van der Waals surface area contributed by atoms with E-state index in [1.54, 1.807) is 10.6 Å². The van der Waals surface area contributed by atoms with Crippen LogP contribution in [0.2, 0.25) is 0 Å². The first-order valence-electron chi connectivity index (χ1n) is 13.7. The summed E-state index contributed by atoms with van der Waals surface area (Å²) in [6, 6.07) is 18.0. The highest BCUT2D eigenvalue weighted by molar-refractivity contribution is 6.08. The molecule has 3 aromatic rings. The van der Waals surface area contributed by atoms with E-state index in [1.807, 2.05) is 42.2 Å². The molecule has 2 aliphatic heterocycles. The zero-order valence-corrected chi connectivity index (χ0v) is 22.7. The predicted molar refractivity (Wildman–Crippen MR) is 155 cm³/mol. The zero-order chi connectivity index (χ0) is 26.6. The maximum absolute atomic E-state index is 13.8. The molecule has 1 aromatic heterocycles. The molecule has 0 spiro atoms. The number of ether oxygens (including phenoxy) is 1. The van der Waals surface area contributed by atoms with Crippen molar-refractivity contribution in [3.05, 3.63) is 76.6 Å². The summed E-state index contributed by atoms with van der Waals surface area (Å²) in [4.78, 5) is 33.1. The van der Waals surface area contributed by atoms with E-state index in [-0.39, 0.29) is 11.5 Å². The lowest BCUT2D eigenvalue weighted by Gasteiger charge is -2.31. The first-order valence-corrected chi connectivity index (χ1v) is 13.7. The highest BCUT2D eigenvalue weighted by Crippen LogP contribution is 2.36. The normalized spacial score (nSPS) is 18.7. The molecule has 2 aromatic carbocycles. The maximum atomic E-state index is 13.8. The molecule has 0 aliphatic carbocycles. The Balaban J connectivity index is 1.66. The van der Waals surface area contributed by atoms with Crippen molar-refractivity contribution in [1.82, 2.24) is 9.47 Å². The van der Waals surface area contributed by atoms with Gasteiger partial charge in [-0.05, 0) is 70.1 Å². The summed E-state index contributed by atoms with van der Waals surface area (Å²) in [5, 5.41) is 0.986. The molecule has 1 amide bonds. The second-order valence-electron chi connectivity index (χ2n) is 10.5. The fourth-order valence-corrected chi connectivity index (χ4v) is 5.59. The Bertz CT molecular complexity index is 1370. The number of carbonyl (C=O) groups is 1. The highest BCUT2D eigenvalue weighted by atomic mass is 16.5. The van der Waals surface area contributed by atoms with Gasteiger partial charge in [-0.25, -0.2) is 0 Å². The van der Waals surface area contributed by atoms with Crippen LogP contribution in [0, 0.1) is 5.92 Å². The van der Waals surface area contributed by atoms with E-state index in [9.17, 15) is 9.59 Å². The number of amides is 1. The van der Waals surface area contributed by atoms with Gasteiger partial charge in [0.1, 0.15) is 0 Å². The maximum Gasteiger partial charge on any atom is 0.253 e. The van der Waals surface area contributed by atoms with Crippen LogP contribution >= 0.6 is 0 Å². The first-order chi connectivity index (χ1) is 18.5. The molecule has 7 nitrogen and oxygen atoms in total. The molecular formula is C31H38N4O3. The third-order valence-electron chi connectivity index (χ3n) is 7.63. The molecule has 200 valence electrons. The molecule has 1 unspecified atom stereocenters. The van der Waals surface area contributed by atoms with Crippen molar-refractivity contribution in [2.75, 3.05) is 56.7 Å². The van der Waals surface area contributed by atoms with E-state index in [4.69, 9.17) is 4.74 Å². The van der Waals surface area contributed by atoms with Gasteiger partial charge < -0.3 is 19.1 Å². The smallest absolute Gasteiger partial charge is 0.253 e. The molecule has 2 aliphatic rings. The molecule has 1 saturated heterocycles. The number of aryl methyl sites for hydroxylation is 1. The van der Waals surface area contributed by atoms with E-state index in [1.165, 1.54) is 0 Å². The first kappa shape index (κ1) is 26.2. The number of fused-ring (bicyclic) bond motifs is 1. The van der Waals surface area contributed by atoms with Gasteiger partial charge >= 0.3 is 0 Å². The quantitative estimate of drug-likeness (QED) is 0.462. The van der Waals surface area contributed by atoms with Crippen molar-refractivity contribution in [2.45, 2.75) is 32.7 Å². The van der Waals surface area contributed by atoms with Gasteiger partial charge in [0.05, 0.1) is 30.1 Å². The summed E-state index contributed by atoms with van der Waals surface area (Å²) in [5.74, 6) is 0.416. The van der Waals surface area contributed by atoms with Crippen molar-refractivity contribution in [3.63, 3.8) is 0 Å². The molecule has 1 fully saturated rings. The van der Waals surface area contributed by atoms with Crippen LogP contribution in [-0.2, 0) is 16.1 Å². The van der Waals surface area contributed by atoms with Gasteiger partial charge in [0, 0.05) is 43.2 Å². The number of morpholine rings is 1. The molecule has 0 N–H and O–H groups in total. The Morgan fingerprint density at radius 1 is 1.00 bits per heavy atom. The van der Waals surface area contributed by atoms with E-state index in [2.05, 4.69) is 48.2 Å². The van der Waals surface area contributed by atoms with E-state index >= 15 is 0 Å². The minimum atomic E-state index is -0.00584. The number of allylic oxidation sites excluding steroid dienone is 1. The Morgan fingerprint density at radius 2 is 1.76 bits per heavy atom. The molecular weight excluding hydrogens is 476 g/mol. The van der Waals surface area contributed by atoms with E-state index in [0.717, 1.165) is 66.0 Å². The molecule has 5 rings (SSSR count). The monoisotopic (exact) mass is 514 g/mol. The number of anilines is 2. The summed E-state index contributed by atoms with van der Waals surface area (Å²) in [7, 11) is 4.18. The minimum absolute atomic E-state index is 0.00584. The Hall–Kier alpha value is -3.42. The molecule has 38 heavy (non-hydrogen) atoms. The number of benzene rings is 2. The fourth-order valence-electron chi connectivity index (χ4n) is 5.59. The van der Waals surface area contributed by atoms with Crippen molar-refractivity contribution >= 4 is 33.9 Å². The third-order valence-corrected chi connectivity index (χ3v) is 7.63. The van der Waals surface area contributed by atoms with E-state index < -0.39 is 0 Å². The van der Waals surface area contributed by atoms with Crippen molar-refractivity contribution < 1.29 is 9.53 Å². The number of nitrogens with zero attached hydrogens (tertiary/aromatic N) is 4. The minimum Gasteiger partial charge on any atom is -0.378 e. The second-order valence-corrected chi connectivity index (χ2v) is 10.5. The van der Waals surface area contributed by atoms with Crippen LogP contribution in [-0.4, -0.2) is 62.3 Å². The van der Waals surface area contributed by atoms with Crippen molar-refractivity contribution in [2.24, 2.45) is 5.92 Å². The van der Waals surface area contributed by atoms with Crippen molar-refractivity contribution in [3.8, 4) is 0 Å². The second kappa shape index (κ2) is 11.5. The zero-order valence-electron chi connectivity index (χ0n) is 22.7. The summed E-state index contributed by atoms with van der Waals surface area (Å²) in [6.45, 7) is 6.30. The Kier molecular flexibility index (Phi) is 7.95. The summed E-state index contributed by atoms with van der Waals surface area (Å²) in [5.41, 5.74) is 4.60. The third kappa shape index (κ3) is 5.40. The lowest BCUT2D eigenvalue weighted by atomic mass is 9.97. The SMILES string of the molecule is CCn1c(=O)cc(N2CCOCC2)c2cc(N3C(=O)CCC(CCN(C)C)C=C3c3ccccc3)ccc21. The van der Waals surface area contributed by atoms with Crippen LogP contribution in [0.3, 0.4) is 0 Å². The molecule has 0 saturated carbocycles.